The summed E-state index contributed by atoms with van der Waals surface area (Å²) in [5.74, 6) is 0. The summed E-state index contributed by atoms with van der Waals surface area (Å²) in [6, 6.07) is 22.2. The van der Waals surface area contributed by atoms with Gasteiger partial charge in [0.25, 0.3) is 0 Å². The van der Waals surface area contributed by atoms with Crippen molar-refractivity contribution in [2.24, 2.45) is 5.73 Å². The van der Waals surface area contributed by atoms with Crippen LogP contribution >= 0.6 is 41.8 Å². The van der Waals surface area contributed by atoms with E-state index in [1.807, 2.05) is 0 Å². The van der Waals surface area contributed by atoms with Crippen molar-refractivity contribution in [1.29, 1.82) is 0 Å². The van der Waals surface area contributed by atoms with E-state index in [0.29, 0.717) is 6.04 Å². The standard InChI is InChI=1S/C13H22N.C13H21N.C8H19N.BrH.2ClH/c1-4-14(5-2,6-3)12-13-10-8-7-9-11-13;1-4-13(14(5-2)6-3)12-10-8-7-9-11-12;1-2-3-4-5-6-7-8-9;;;/h7-11H,4-6,12H2,1-3H3;7-11,13H,4-6H2,1-3H3;2-9H2,1H3;3*1H/q+1;;;;;. The molecule has 236 valence electrons. The molecule has 1 atom stereocenters. The molecule has 6 heteroatoms. The second-order valence-electron chi connectivity index (χ2n) is 10.0. The highest BCUT2D eigenvalue weighted by Crippen LogP contribution is 2.23. The lowest BCUT2D eigenvalue weighted by atomic mass is 10.0. The van der Waals surface area contributed by atoms with Gasteiger partial charge in [0.2, 0.25) is 0 Å². The molecule has 0 bridgehead atoms. The zero-order chi connectivity index (χ0) is 27.8. The molecule has 0 radical (unpaired) electrons. The Bertz CT molecular complexity index is 712. The first kappa shape index (κ1) is 46.3. The first-order valence-corrected chi connectivity index (χ1v) is 15.4. The molecular weight excluding hydrogens is 601 g/mol. The molecule has 0 fully saturated rings. The van der Waals surface area contributed by atoms with Crippen LogP contribution in [0.5, 0.6) is 0 Å². The fourth-order valence-electron chi connectivity index (χ4n) is 4.95. The molecule has 2 aromatic carbocycles. The lowest BCUT2D eigenvalue weighted by Crippen LogP contribution is -2.46. The SMILES string of the molecule is Br.CCC(c1ccccc1)N(CC)CC.CCCCCCCCN.CC[N+](CC)(CC)Cc1ccccc1.Cl.Cl. The average Bonchev–Trinajstić information content (AvgIpc) is 2.96. The van der Waals surface area contributed by atoms with Gasteiger partial charge in [0, 0.05) is 11.6 Å². The quantitative estimate of drug-likeness (QED) is 0.143. The Morgan fingerprint density at radius 1 is 0.650 bits per heavy atom. The summed E-state index contributed by atoms with van der Waals surface area (Å²) in [5.41, 5.74) is 8.24. The van der Waals surface area contributed by atoms with Gasteiger partial charge in [0.15, 0.2) is 0 Å². The molecule has 0 aliphatic rings. The molecule has 0 amide bonds. The van der Waals surface area contributed by atoms with E-state index in [0.717, 1.165) is 19.6 Å². The molecule has 3 nitrogen and oxygen atoms in total. The molecule has 2 aromatic rings. The highest BCUT2D eigenvalue weighted by molar-refractivity contribution is 8.93. The lowest BCUT2D eigenvalue weighted by molar-refractivity contribution is -0.936. The van der Waals surface area contributed by atoms with Crippen LogP contribution in [0.4, 0.5) is 0 Å². The van der Waals surface area contributed by atoms with Crippen molar-refractivity contribution in [2.75, 3.05) is 39.3 Å². The zero-order valence-electron chi connectivity index (χ0n) is 26.9. The van der Waals surface area contributed by atoms with E-state index in [-0.39, 0.29) is 41.8 Å². The molecule has 2 N–H and O–H groups in total. The minimum Gasteiger partial charge on any atom is -0.330 e. The van der Waals surface area contributed by atoms with Crippen molar-refractivity contribution < 1.29 is 4.48 Å². The fraction of sp³-hybridized carbons (Fsp3) is 0.647. The largest absolute Gasteiger partial charge is 0.330 e. The van der Waals surface area contributed by atoms with Crippen LogP contribution in [-0.4, -0.2) is 48.7 Å². The predicted octanol–water partition coefficient (Wildman–Crippen LogP) is 10.3. The number of rotatable bonds is 16. The molecule has 0 spiro atoms. The van der Waals surface area contributed by atoms with Crippen LogP contribution in [0, 0.1) is 0 Å². The third-order valence-corrected chi connectivity index (χ3v) is 7.76. The monoisotopic (exact) mass is 664 g/mol. The second kappa shape index (κ2) is 31.3. The third kappa shape index (κ3) is 20.3. The van der Waals surface area contributed by atoms with Crippen molar-refractivity contribution >= 4 is 41.8 Å². The third-order valence-electron chi connectivity index (χ3n) is 7.76. The van der Waals surface area contributed by atoms with Gasteiger partial charge in [-0.25, -0.2) is 0 Å². The summed E-state index contributed by atoms with van der Waals surface area (Å²) in [4.78, 5) is 2.51. The Kier molecular flexibility index (Phi) is 36.3. The van der Waals surface area contributed by atoms with Gasteiger partial charge in [0.05, 0.1) is 19.6 Å². The van der Waals surface area contributed by atoms with Crippen LogP contribution in [0.1, 0.15) is 111 Å². The van der Waals surface area contributed by atoms with Crippen molar-refractivity contribution in [3.05, 3.63) is 71.8 Å². The Hall–Kier alpha value is -0.620. The Morgan fingerprint density at radius 2 is 1.10 bits per heavy atom. The summed E-state index contributed by atoms with van der Waals surface area (Å²) < 4.78 is 1.20. The molecule has 40 heavy (non-hydrogen) atoms. The molecule has 2 rings (SSSR count). The number of unbranched alkanes of at least 4 members (excludes halogenated alkanes) is 5. The highest BCUT2D eigenvalue weighted by atomic mass is 79.9. The molecule has 0 heterocycles. The molecule has 0 aromatic heterocycles. The van der Waals surface area contributed by atoms with E-state index in [9.17, 15) is 0 Å². The Labute approximate surface area is 272 Å². The van der Waals surface area contributed by atoms with Crippen LogP contribution < -0.4 is 5.73 Å². The van der Waals surface area contributed by atoms with Gasteiger partial charge >= 0.3 is 0 Å². The van der Waals surface area contributed by atoms with Crippen molar-refractivity contribution in [1.82, 2.24) is 4.90 Å². The van der Waals surface area contributed by atoms with Crippen molar-refractivity contribution in [2.45, 2.75) is 106 Å². The summed E-state index contributed by atoms with van der Waals surface area (Å²) in [5, 5.41) is 0. The molecule has 0 saturated carbocycles. The number of nitrogens with two attached hydrogens (primary N) is 1. The second-order valence-corrected chi connectivity index (χ2v) is 10.0. The lowest BCUT2D eigenvalue weighted by Gasteiger charge is -2.35. The van der Waals surface area contributed by atoms with E-state index in [4.69, 9.17) is 5.73 Å². The Balaban J connectivity index is -0.000000240. The zero-order valence-corrected chi connectivity index (χ0v) is 30.3. The minimum absolute atomic E-state index is 0. The minimum atomic E-state index is 0. The van der Waals surface area contributed by atoms with E-state index < -0.39 is 0 Å². The molecule has 1 unspecified atom stereocenters. The Morgan fingerprint density at radius 3 is 1.50 bits per heavy atom. The summed E-state index contributed by atoms with van der Waals surface area (Å²) in [6.07, 6.45) is 9.24. The number of hydrogen-bond donors (Lipinski definition) is 1. The number of quaternary nitrogens is 1. The van der Waals surface area contributed by atoms with Gasteiger partial charge < -0.3 is 10.2 Å². The van der Waals surface area contributed by atoms with Gasteiger partial charge in [-0.1, -0.05) is 120 Å². The number of halogens is 3. The summed E-state index contributed by atoms with van der Waals surface area (Å²) in [7, 11) is 0. The smallest absolute Gasteiger partial charge is 0.104 e. The van der Waals surface area contributed by atoms with E-state index in [1.54, 1.807) is 0 Å². The van der Waals surface area contributed by atoms with Gasteiger partial charge in [0.1, 0.15) is 6.54 Å². The maximum atomic E-state index is 5.34. The number of nitrogens with zero attached hydrogens (tertiary/aromatic N) is 2. The highest BCUT2D eigenvalue weighted by Gasteiger charge is 2.20. The van der Waals surface area contributed by atoms with Crippen LogP contribution in [0.25, 0.3) is 0 Å². The van der Waals surface area contributed by atoms with Crippen LogP contribution in [-0.2, 0) is 6.54 Å². The van der Waals surface area contributed by atoms with Crippen LogP contribution in [0.15, 0.2) is 60.7 Å². The molecular formula is C34H65BrCl2N3+. The van der Waals surface area contributed by atoms with Crippen molar-refractivity contribution in [3.63, 3.8) is 0 Å². The van der Waals surface area contributed by atoms with Crippen molar-refractivity contribution in [3.8, 4) is 0 Å². The first-order chi connectivity index (χ1) is 18.0. The summed E-state index contributed by atoms with van der Waals surface area (Å²) in [6.45, 7) is 23.8. The van der Waals surface area contributed by atoms with Crippen LogP contribution in [0.2, 0.25) is 0 Å². The average molecular weight is 667 g/mol. The molecule has 0 aliphatic carbocycles. The predicted molar refractivity (Wildman–Crippen MR) is 192 cm³/mol. The van der Waals surface area contributed by atoms with E-state index >= 15 is 0 Å². The maximum Gasteiger partial charge on any atom is 0.104 e. The summed E-state index contributed by atoms with van der Waals surface area (Å²) >= 11 is 0. The normalized spacial score (nSPS) is 10.9. The fourth-order valence-corrected chi connectivity index (χ4v) is 4.95. The number of hydrogen-bond acceptors (Lipinski definition) is 2. The van der Waals surface area contributed by atoms with Gasteiger partial charge in [-0.2, -0.15) is 0 Å². The van der Waals surface area contributed by atoms with E-state index in [2.05, 4.69) is 114 Å². The van der Waals surface area contributed by atoms with Gasteiger partial charge in [-0.05, 0) is 58.8 Å². The maximum absolute atomic E-state index is 5.34. The topological polar surface area (TPSA) is 29.3 Å². The van der Waals surface area contributed by atoms with Gasteiger partial charge in [-0.3, -0.25) is 4.90 Å². The molecule has 0 aliphatic heterocycles. The van der Waals surface area contributed by atoms with E-state index in [1.165, 1.54) is 86.7 Å². The number of benzene rings is 2. The molecule has 0 saturated heterocycles. The van der Waals surface area contributed by atoms with Crippen LogP contribution in [0.3, 0.4) is 0 Å². The van der Waals surface area contributed by atoms with Gasteiger partial charge in [-0.15, -0.1) is 41.8 Å². The first-order valence-electron chi connectivity index (χ1n) is 15.4.